The minimum Gasteiger partial charge on any atom is -0.318 e. The zero-order valence-corrected chi connectivity index (χ0v) is 16.5. The second kappa shape index (κ2) is 7.61. The third-order valence-electron chi connectivity index (χ3n) is 4.33. The van der Waals surface area contributed by atoms with Crippen molar-refractivity contribution >= 4 is 34.7 Å². The molecule has 1 aromatic carbocycles. The lowest BCUT2D eigenvalue weighted by Crippen LogP contribution is -2.23. The Hall–Kier alpha value is -2.90. The fraction of sp³-hybridized carbons (Fsp3) is 0.158. The van der Waals surface area contributed by atoms with Gasteiger partial charge in [-0.3, -0.25) is 19.7 Å². The van der Waals surface area contributed by atoms with Crippen molar-refractivity contribution in [3.63, 3.8) is 0 Å². The highest BCUT2D eigenvalue weighted by Gasteiger charge is 2.19. The Labute approximate surface area is 169 Å². The second-order valence-corrected chi connectivity index (χ2v) is 7.15. The number of carbonyl (C=O) groups excluding carboxylic acids is 1. The number of Topliss-reactive ketones (excluding diaryl/α,β-unsaturated/α-hetero) is 1. The molecule has 9 heteroatoms. The standard InChI is InChI=1S/C19H15Cl2N3O4/c1-11-5-17(12(2)23(11)16-7-13(20)6-14(21)8-16)18(25)10-22-9-15(24(27)28)3-4-19(22)26/h3-9H,10H2,1-2H3. The molecule has 0 atom stereocenters. The number of hydrogen-bond donors (Lipinski definition) is 0. The minimum atomic E-state index is -0.616. The maximum absolute atomic E-state index is 12.8. The summed E-state index contributed by atoms with van der Waals surface area (Å²) >= 11 is 12.2. The lowest BCUT2D eigenvalue weighted by Gasteiger charge is -2.11. The molecule has 0 radical (unpaired) electrons. The molecule has 3 rings (SSSR count). The van der Waals surface area contributed by atoms with Crippen LogP contribution in [0.2, 0.25) is 10.0 Å². The second-order valence-electron chi connectivity index (χ2n) is 6.28. The Morgan fingerprint density at radius 1 is 1.11 bits per heavy atom. The van der Waals surface area contributed by atoms with Gasteiger partial charge in [-0.2, -0.15) is 0 Å². The van der Waals surface area contributed by atoms with E-state index in [2.05, 4.69) is 0 Å². The van der Waals surface area contributed by atoms with Gasteiger partial charge < -0.3 is 9.13 Å². The van der Waals surface area contributed by atoms with Crippen LogP contribution in [0.4, 0.5) is 5.69 Å². The van der Waals surface area contributed by atoms with E-state index in [0.717, 1.165) is 28.6 Å². The van der Waals surface area contributed by atoms with Crippen LogP contribution in [0.3, 0.4) is 0 Å². The predicted octanol–water partition coefficient (Wildman–Crippen LogP) is 4.35. The van der Waals surface area contributed by atoms with Crippen molar-refractivity contribution in [1.29, 1.82) is 0 Å². The number of aryl methyl sites for hydroxylation is 1. The molecule has 0 bridgehead atoms. The molecule has 3 aromatic rings. The summed E-state index contributed by atoms with van der Waals surface area (Å²) in [4.78, 5) is 35.1. The number of halogens is 2. The lowest BCUT2D eigenvalue weighted by molar-refractivity contribution is -0.385. The van der Waals surface area contributed by atoms with E-state index in [1.807, 2.05) is 11.5 Å². The summed E-state index contributed by atoms with van der Waals surface area (Å²) in [6.07, 6.45) is 1.07. The molecule has 0 spiro atoms. The van der Waals surface area contributed by atoms with Gasteiger partial charge in [0.1, 0.15) is 0 Å². The molecule has 0 aliphatic heterocycles. The average molecular weight is 420 g/mol. The first-order valence-corrected chi connectivity index (χ1v) is 8.96. The molecule has 0 aliphatic carbocycles. The molecular formula is C19H15Cl2N3O4. The van der Waals surface area contributed by atoms with Crippen molar-refractivity contribution in [2.24, 2.45) is 0 Å². The molecule has 0 amide bonds. The molecule has 0 N–H and O–H groups in total. The topological polar surface area (TPSA) is 87.1 Å². The smallest absolute Gasteiger partial charge is 0.285 e. The summed E-state index contributed by atoms with van der Waals surface area (Å²) in [5.41, 5.74) is 1.80. The SMILES string of the molecule is Cc1cc(C(=O)Cn2cc([N+](=O)[O-])ccc2=O)c(C)n1-c1cc(Cl)cc(Cl)c1. The van der Waals surface area contributed by atoms with Crippen LogP contribution in [-0.4, -0.2) is 19.8 Å². The van der Waals surface area contributed by atoms with E-state index in [1.165, 1.54) is 0 Å². The van der Waals surface area contributed by atoms with Crippen LogP contribution in [0.5, 0.6) is 0 Å². The van der Waals surface area contributed by atoms with Crippen LogP contribution in [0, 0.1) is 24.0 Å². The molecule has 0 saturated heterocycles. The molecule has 2 aromatic heterocycles. The zero-order chi connectivity index (χ0) is 20.6. The molecule has 144 valence electrons. The number of ketones is 1. The largest absolute Gasteiger partial charge is 0.318 e. The quantitative estimate of drug-likeness (QED) is 0.349. The summed E-state index contributed by atoms with van der Waals surface area (Å²) < 4.78 is 2.87. The maximum Gasteiger partial charge on any atom is 0.285 e. The Morgan fingerprint density at radius 2 is 1.75 bits per heavy atom. The zero-order valence-electron chi connectivity index (χ0n) is 15.0. The highest BCUT2D eigenvalue weighted by atomic mass is 35.5. The molecule has 0 fully saturated rings. The van der Waals surface area contributed by atoms with Crippen molar-refractivity contribution in [3.8, 4) is 5.69 Å². The number of nitro groups is 1. The van der Waals surface area contributed by atoms with Gasteiger partial charge in [0, 0.05) is 44.8 Å². The van der Waals surface area contributed by atoms with Crippen molar-refractivity contribution in [1.82, 2.24) is 9.13 Å². The molecular weight excluding hydrogens is 405 g/mol. The number of pyridine rings is 1. The maximum atomic E-state index is 12.8. The van der Waals surface area contributed by atoms with Crippen LogP contribution < -0.4 is 5.56 Å². The van der Waals surface area contributed by atoms with E-state index >= 15 is 0 Å². The lowest BCUT2D eigenvalue weighted by atomic mass is 10.1. The van der Waals surface area contributed by atoms with Crippen LogP contribution >= 0.6 is 23.2 Å². The average Bonchev–Trinajstić information content (AvgIpc) is 2.90. The fourth-order valence-corrected chi connectivity index (χ4v) is 3.62. The number of hydrogen-bond acceptors (Lipinski definition) is 4. The van der Waals surface area contributed by atoms with Crippen LogP contribution in [0.15, 0.2) is 47.4 Å². The highest BCUT2D eigenvalue weighted by Crippen LogP contribution is 2.26. The Bertz CT molecular complexity index is 1140. The molecule has 0 saturated carbocycles. The molecule has 28 heavy (non-hydrogen) atoms. The molecule has 0 unspecified atom stereocenters. The first-order chi connectivity index (χ1) is 13.2. The van der Waals surface area contributed by atoms with Crippen LogP contribution in [0.1, 0.15) is 21.7 Å². The fourth-order valence-electron chi connectivity index (χ4n) is 3.10. The molecule has 0 aliphatic rings. The van der Waals surface area contributed by atoms with Gasteiger partial charge in [-0.25, -0.2) is 0 Å². The van der Waals surface area contributed by atoms with Gasteiger partial charge in [-0.1, -0.05) is 23.2 Å². The monoisotopic (exact) mass is 419 g/mol. The number of carbonyl (C=O) groups is 1. The van der Waals surface area contributed by atoms with Crippen LogP contribution in [-0.2, 0) is 6.54 Å². The Kier molecular flexibility index (Phi) is 5.40. The van der Waals surface area contributed by atoms with Gasteiger partial charge in [-0.15, -0.1) is 0 Å². The van der Waals surface area contributed by atoms with E-state index in [4.69, 9.17) is 23.2 Å². The van der Waals surface area contributed by atoms with Gasteiger partial charge in [0.05, 0.1) is 17.7 Å². The molecule has 7 nitrogen and oxygen atoms in total. The van der Waals surface area contributed by atoms with E-state index < -0.39 is 10.5 Å². The van der Waals surface area contributed by atoms with Crippen molar-refractivity contribution in [2.45, 2.75) is 20.4 Å². The highest BCUT2D eigenvalue weighted by molar-refractivity contribution is 6.34. The predicted molar refractivity (Wildman–Crippen MR) is 107 cm³/mol. The van der Waals surface area contributed by atoms with Gasteiger partial charge in [0.25, 0.3) is 11.2 Å². The van der Waals surface area contributed by atoms with E-state index in [1.54, 1.807) is 31.2 Å². The van der Waals surface area contributed by atoms with E-state index in [0.29, 0.717) is 27.0 Å². The number of rotatable bonds is 5. The number of benzene rings is 1. The van der Waals surface area contributed by atoms with Gasteiger partial charge in [0.2, 0.25) is 0 Å². The van der Waals surface area contributed by atoms with Crippen LogP contribution in [0.25, 0.3) is 5.69 Å². The van der Waals surface area contributed by atoms with Gasteiger partial charge in [-0.05, 0) is 38.1 Å². The number of aromatic nitrogens is 2. The first kappa shape index (κ1) is 19.9. The van der Waals surface area contributed by atoms with Crippen molar-refractivity contribution < 1.29 is 9.72 Å². The Balaban J connectivity index is 1.99. The third kappa shape index (κ3) is 3.85. The summed E-state index contributed by atoms with van der Waals surface area (Å²) in [5, 5.41) is 11.8. The van der Waals surface area contributed by atoms with Crippen molar-refractivity contribution in [3.05, 3.63) is 90.1 Å². The third-order valence-corrected chi connectivity index (χ3v) is 4.77. The Morgan fingerprint density at radius 3 is 2.36 bits per heavy atom. The summed E-state index contributed by atoms with van der Waals surface area (Å²) in [7, 11) is 0. The van der Waals surface area contributed by atoms with Gasteiger partial charge in [0.15, 0.2) is 5.78 Å². The number of nitrogens with zero attached hydrogens (tertiary/aromatic N) is 3. The summed E-state index contributed by atoms with van der Waals surface area (Å²) in [6.45, 7) is 3.30. The van der Waals surface area contributed by atoms with Gasteiger partial charge >= 0.3 is 0 Å². The normalized spacial score (nSPS) is 10.9. The van der Waals surface area contributed by atoms with E-state index in [-0.39, 0.29) is 18.0 Å². The minimum absolute atomic E-state index is 0.258. The van der Waals surface area contributed by atoms with E-state index in [9.17, 15) is 19.7 Å². The summed E-state index contributed by atoms with van der Waals surface area (Å²) in [6, 6.07) is 8.96. The molecule has 2 heterocycles. The summed E-state index contributed by atoms with van der Waals surface area (Å²) in [5.74, 6) is -0.338. The first-order valence-electron chi connectivity index (χ1n) is 8.21. The van der Waals surface area contributed by atoms with Crippen molar-refractivity contribution in [2.75, 3.05) is 0 Å².